The number of amides is 2. The van der Waals surface area contributed by atoms with Crippen LogP contribution in [0.15, 0.2) is 39.8 Å². The lowest BCUT2D eigenvalue weighted by atomic mass is 9.89. The molecule has 0 fully saturated rings. The number of carbonyl (C=O) groups is 2. The van der Waals surface area contributed by atoms with E-state index in [0.29, 0.717) is 6.42 Å². The molecule has 2 aromatic heterocycles. The van der Waals surface area contributed by atoms with E-state index >= 15 is 4.39 Å². The van der Waals surface area contributed by atoms with Crippen molar-refractivity contribution >= 4 is 33.4 Å². The van der Waals surface area contributed by atoms with Gasteiger partial charge < -0.3 is 10.1 Å². The number of rotatable bonds is 3. The third-order valence-corrected chi connectivity index (χ3v) is 10.2. The second-order valence-electron chi connectivity index (χ2n) is 10.8. The topological polar surface area (TPSA) is 135 Å². The first-order valence-electron chi connectivity index (χ1n) is 12.0. The maximum atomic E-state index is 15.4. The molecule has 2 N–H and O–H groups in total. The van der Waals surface area contributed by atoms with Gasteiger partial charge in [0.2, 0.25) is 0 Å². The van der Waals surface area contributed by atoms with E-state index in [4.69, 9.17) is 9.73 Å². The van der Waals surface area contributed by atoms with Gasteiger partial charge in [0.05, 0.1) is 21.2 Å². The van der Waals surface area contributed by atoms with E-state index in [1.807, 2.05) is 0 Å². The summed E-state index contributed by atoms with van der Waals surface area (Å²) in [7, 11) is -3.08. The zero-order chi connectivity index (χ0) is 28.1. The van der Waals surface area contributed by atoms with Crippen LogP contribution in [-0.4, -0.2) is 54.2 Å². The van der Waals surface area contributed by atoms with Crippen LogP contribution in [-0.2, 0) is 20.0 Å². The number of anilines is 1. The van der Waals surface area contributed by atoms with Crippen molar-refractivity contribution in [2.45, 2.75) is 69.1 Å². The quantitative estimate of drug-likeness (QED) is 0.591. The molecule has 0 saturated carbocycles. The van der Waals surface area contributed by atoms with Gasteiger partial charge >= 0.3 is 6.09 Å². The standard InChI is InChI=1S/C25H30F2N6O4S/c1-23(2,3)37-22(35)32-21-24(4,5)38(36)17(11-12-29-38)25(6,33-21)19-15(27)8-10-18(30-19)31-20(34)16-9-7-14(26)13-28-16/h7-10,13,17H,11-12H2,1-6H3,(H,30,31,34)(H,32,33,35)/t17-,25-,38?/m0/s1. The van der Waals surface area contributed by atoms with Crippen molar-refractivity contribution in [2.24, 2.45) is 9.36 Å². The summed E-state index contributed by atoms with van der Waals surface area (Å²) < 4.78 is 51.5. The number of aliphatic imine (C=N–C) groups is 1. The van der Waals surface area contributed by atoms with Crippen LogP contribution in [0, 0.1) is 11.6 Å². The predicted octanol–water partition coefficient (Wildman–Crippen LogP) is 4.18. The number of amidine groups is 1. The molecule has 0 aliphatic carbocycles. The molecule has 2 amide bonds. The highest BCUT2D eigenvalue weighted by atomic mass is 32.2. The summed E-state index contributed by atoms with van der Waals surface area (Å²) in [5.74, 6) is -2.00. The molecule has 4 rings (SSSR count). The SMILES string of the molecule is CC(C)(C)OC(=O)NC1=N[C@](C)(c2nc(NC(=O)c3ccc(F)cn3)ccc2F)[C@@H]2CCN=S2(=O)C1(C)C. The third-order valence-electron chi connectivity index (χ3n) is 6.48. The summed E-state index contributed by atoms with van der Waals surface area (Å²) in [5, 5.41) is 4.41. The van der Waals surface area contributed by atoms with E-state index in [2.05, 4.69) is 25.0 Å². The van der Waals surface area contributed by atoms with Crippen LogP contribution in [0.25, 0.3) is 0 Å². The molecule has 0 aromatic carbocycles. The molecular weight excluding hydrogens is 518 g/mol. The normalized spacial score (nSPS) is 26.0. The molecule has 0 bridgehead atoms. The van der Waals surface area contributed by atoms with E-state index in [0.717, 1.165) is 18.3 Å². The highest BCUT2D eigenvalue weighted by molar-refractivity contribution is 7.96. The first kappa shape index (κ1) is 27.6. The van der Waals surface area contributed by atoms with Crippen LogP contribution >= 0.6 is 0 Å². The number of carbonyl (C=O) groups excluding carboxylic acids is 2. The second-order valence-corrected chi connectivity index (χ2v) is 13.8. The lowest BCUT2D eigenvalue weighted by molar-refractivity contribution is 0.0560. The van der Waals surface area contributed by atoms with Crippen LogP contribution in [0.1, 0.15) is 64.1 Å². The Morgan fingerprint density at radius 3 is 2.45 bits per heavy atom. The highest BCUT2D eigenvalue weighted by Crippen LogP contribution is 2.47. The predicted molar refractivity (Wildman–Crippen MR) is 138 cm³/mol. The number of pyridine rings is 2. The Bertz CT molecular complexity index is 1440. The molecule has 1 unspecified atom stereocenters. The minimum absolute atomic E-state index is 0.0122. The number of nitrogens with zero attached hydrogens (tertiary/aromatic N) is 4. The van der Waals surface area contributed by atoms with Crippen LogP contribution < -0.4 is 10.6 Å². The number of hydrogen-bond donors (Lipinski definition) is 2. The number of nitrogens with one attached hydrogen (secondary N) is 2. The minimum Gasteiger partial charge on any atom is -0.444 e. The zero-order valence-corrected chi connectivity index (χ0v) is 22.8. The van der Waals surface area contributed by atoms with Crippen LogP contribution in [0.2, 0.25) is 0 Å². The Hall–Kier alpha value is -3.48. The minimum atomic E-state index is -3.08. The number of aromatic nitrogens is 2. The maximum Gasteiger partial charge on any atom is 0.413 e. The molecule has 4 heterocycles. The lowest BCUT2D eigenvalue weighted by Crippen LogP contribution is -2.61. The van der Waals surface area contributed by atoms with Gasteiger partial charge in [-0.05, 0) is 72.2 Å². The van der Waals surface area contributed by atoms with Gasteiger partial charge in [-0.1, -0.05) is 0 Å². The lowest BCUT2D eigenvalue weighted by Gasteiger charge is -2.44. The van der Waals surface area contributed by atoms with Crippen molar-refractivity contribution in [3.8, 4) is 0 Å². The largest absolute Gasteiger partial charge is 0.444 e. The average molecular weight is 549 g/mol. The second kappa shape index (κ2) is 9.37. The molecule has 2 aromatic rings. The monoisotopic (exact) mass is 548 g/mol. The Balaban J connectivity index is 1.78. The fourth-order valence-electron chi connectivity index (χ4n) is 4.58. The van der Waals surface area contributed by atoms with Gasteiger partial charge in [0.1, 0.15) is 50.6 Å². The average Bonchev–Trinajstić information content (AvgIpc) is 3.23. The smallest absolute Gasteiger partial charge is 0.413 e. The van der Waals surface area contributed by atoms with Crippen LogP contribution in [0.4, 0.5) is 19.4 Å². The van der Waals surface area contributed by atoms with Crippen molar-refractivity contribution in [3.05, 3.63) is 53.5 Å². The van der Waals surface area contributed by atoms with Gasteiger partial charge in [-0.15, -0.1) is 0 Å². The number of fused-ring (bicyclic) bond motifs is 1. The molecule has 3 atom stereocenters. The van der Waals surface area contributed by atoms with Gasteiger partial charge in [0.25, 0.3) is 5.91 Å². The first-order chi connectivity index (χ1) is 17.6. The summed E-state index contributed by atoms with van der Waals surface area (Å²) in [4.78, 5) is 38.1. The summed E-state index contributed by atoms with van der Waals surface area (Å²) in [6, 6.07) is 4.67. The Morgan fingerprint density at radius 1 is 1.11 bits per heavy atom. The van der Waals surface area contributed by atoms with Crippen molar-refractivity contribution in [1.29, 1.82) is 0 Å². The highest BCUT2D eigenvalue weighted by Gasteiger charge is 2.58. The molecule has 13 heteroatoms. The number of hydrogen-bond acceptors (Lipinski definition) is 8. The van der Waals surface area contributed by atoms with E-state index in [1.165, 1.54) is 12.1 Å². The van der Waals surface area contributed by atoms with Gasteiger partial charge in [0, 0.05) is 6.54 Å². The van der Waals surface area contributed by atoms with Crippen molar-refractivity contribution < 1.29 is 27.3 Å². The number of ether oxygens (including phenoxy) is 1. The summed E-state index contributed by atoms with van der Waals surface area (Å²) in [6.45, 7) is 10.3. The van der Waals surface area contributed by atoms with Crippen molar-refractivity contribution in [2.75, 3.05) is 11.9 Å². The van der Waals surface area contributed by atoms with Crippen LogP contribution in [0.5, 0.6) is 0 Å². The molecule has 38 heavy (non-hydrogen) atoms. The first-order valence-corrected chi connectivity index (χ1v) is 13.6. The molecule has 0 radical (unpaired) electrons. The maximum absolute atomic E-state index is 15.4. The Labute approximate surface area is 219 Å². The van der Waals surface area contributed by atoms with Crippen molar-refractivity contribution in [1.82, 2.24) is 15.3 Å². The fourth-order valence-corrected chi connectivity index (χ4v) is 7.76. The number of alkyl carbamates (subject to hydrolysis) is 1. The van der Waals surface area contributed by atoms with Gasteiger partial charge in [-0.3, -0.25) is 15.1 Å². The van der Waals surface area contributed by atoms with Crippen molar-refractivity contribution in [3.63, 3.8) is 0 Å². The van der Waals surface area contributed by atoms with Gasteiger partial charge in [0.15, 0.2) is 0 Å². The van der Waals surface area contributed by atoms with E-state index in [1.54, 1.807) is 41.5 Å². The molecule has 0 saturated heterocycles. The summed E-state index contributed by atoms with van der Waals surface area (Å²) >= 11 is 0. The summed E-state index contributed by atoms with van der Waals surface area (Å²) in [5.41, 5.74) is -2.54. The Morgan fingerprint density at radius 2 is 1.82 bits per heavy atom. The molecule has 10 nitrogen and oxygen atoms in total. The summed E-state index contributed by atoms with van der Waals surface area (Å²) in [6.07, 6.45) is 0.462. The third kappa shape index (κ3) is 4.86. The molecule has 204 valence electrons. The van der Waals surface area contributed by atoms with E-state index in [9.17, 15) is 18.2 Å². The molecule has 2 aliphatic heterocycles. The van der Waals surface area contributed by atoms with Gasteiger partial charge in [-0.25, -0.2) is 32.1 Å². The molecule has 0 spiro atoms. The molecule has 2 aliphatic rings. The van der Waals surface area contributed by atoms with E-state index in [-0.39, 0.29) is 29.6 Å². The fraction of sp³-hybridized carbons (Fsp3) is 0.480. The number of halogens is 2. The van der Waals surface area contributed by atoms with Gasteiger partial charge in [-0.2, -0.15) is 0 Å². The molecular formula is C25H30F2N6O4S. The van der Waals surface area contributed by atoms with Crippen LogP contribution in [0.3, 0.4) is 0 Å². The Kier molecular flexibility index (Phi) is 6.79. The zero-order valence-electron chi connectivity index (χ0n) is 22.0. The van der Waals surface area contributed by atoms with E-state index < -0.39 is 54.5 Å².